The molecule has 0 aliphatic carbocycles. The lowest BCUT2D eigenvalue weighted by Gasteiger charge is -2.13. The summed E-state index contributed by atoms with van der Waals surface area (Å²) in [5.41, 5.74) is -0.404. The summed E-state index contributed by atoms with van der Waals surface area (Å²) in [5, 5.41) is 9.91. The van der Waals surface area contributed by atoms with Gasteiger partial charge in [-0.3, -0.25) is 0 Å². The Balaban J connectivity index is 2.50. The third-order valence-electron chi connectivity index (χ3n) is 2.53. The summed E-state index contributed by atoms with van der Waals surface area (Å²) in [5.74, 6) is -2.20. The van der Waals surface area contributed by atoms with Gasteiger partial charge in [-0.05, 0) is 34.1 Å². The van der Waals surface area contributed by atoms with Crippen LogP contribution in [0, 0.1) is 17.5 Å². The van der Waals surface area contributed by atoms with E-state index in [9.17, 15) is 18.3 Å². The van der Waals surface area contributed by atoms with Gasteiger partial charge in [0.2, 0.25) is 0 Å². The van der Waals surface area contributed by atoms with Crippen LogP contribution in [0.2, 0.25) is 0 Å². The molecule has 0 fully saturated rings. The predicted molar refractivity (Wildman–Crippen MR) is 64.5 cm³/mol. The zero-order chi connectivity index (χ0) is 13.3. The topological polar surface area (TPSA) is 20.2 Å². The Morgan fingerprint density at radius 1 is 0.889 bits per heavy atom. The number of aliphatic hydroxyl groups is 1. The van der Waals surface area contributed by atoms with Crippen molar-refractivity contribution in [3.63, 3.8) is 0 Å². The van der Waals surface area contributed by atoms with E-state index in [0.717, 1.165) is 18.2 Å². The van der Waals surface area contributed by atoms with Gasteiger partial charge >= 0.3 is 0 Å². The SMILES string of the molecule is OC(c1ccccc1F)c1cc(F)c(Br)cc1F. The number of rotatable bonds is 2. The van der Waals surface area contributed by atoms with Gasteiger partial charge in [0, 0.05) is 11.1 Å². The minimum atomic E-state index is -1.55. The van der Waals surface area contributed by atoms with Gasteiger partial charge in [-0.1, -0.05) is 18.2 Å². The smallest absolute Gasteiger partial charge is 0.137 e. The Kier molecular flexibility index (Phi) is 3.73. The number of halogens is 4. The predicted octanol–water partition coefficient (Wildman–Crippen LogP) is 3.95. The average Bonchev–Trinajstić information content (AvgIpc) is 2.33. The first-order valence-electron chi connectivity index (χ1n) is 5.07. The highest BCUT2D eigenvalue weighted by molar-refractivity contribution is 9.10. The highest BCUT2D eigenvalue weighted by atomic mass is 79.9. The van der Waals surface area contributed by atoms with Crippen molar-refractivity contribution in [3.8, 4) is 0 Å². The van der Waals surface area contributed by atoms with Crippen molar-refractivity contribution in [1.82, 2.24) is 0 Å². The van der Waals surface area contributed by atoms with Gasteiger partial charge in [-0.25, -0.2) is 13.2 Å². The Morgan fingerprint density at radius 2 is 1.56 bits per heavy atom. The molecule has 0 aliphatic heterocycles. The van der Waals surface area contributed by atoms with Crippen LogP contribution in [0.5, 0.6) is 0 Å². The first kappa shape index (κ1) is 13.1. The quantitative estimate of drug-likeness (QED) is 0.832. The average molecular weight is 317 g/mol. The minimum absolute atomic E-state index is 0.0514. The van der Waals surface area contributed by atoms with E-state index < -0.39 is 23.6 Å². The molecule has 0 amide bonds. The lowest BCUT2D eigenvalue weighted by molar-refractivity contribution is 0.209. The second kappa shape index (κ2) is 5.12. The van der Waals surface area contributed by atoms with E-state index >= 15 is 0 Å². The fraction of sp³-hybridized carbons (Fsp3) is 0.0769. The molecule has 1 nitrogen and oxygen atoms in total. The third kappa shape index (κ3) is 2.42. The number of aliphatic hydroxyl groups excluding tert-OH is 1. The number of benzene rings is 2. The van der Waals surface area contributed by atoms with Crippen molar-refractivity contribution >= 4 is 15.9 Å². The summed E-state index contributed by atoms with van der Waals surface area (Å²) in [4.78, 5) is 0. The van der Waals surface area contributed by atoms with Gasteiger partial charge < -0.3 is 5.11 Å². The summed E-state index contributed by atoms with van der Waals surface area (Å²) < 4.78 is 40.3. The molecule has 2 aromatic carbocycles. The molecule has 2 rings (SSSR count). The molecule has 5 heteroatoms. The molecule has 0 saturated carbocycles. The first-order valence-corrected chi connectivity index (χ1v) is 5.87. The summed E-state index contributed by atoms with van der Waals surface area (Å²) in [7, 11) is 0. The van der Waals surface area contributed by atoms with Gasteiger partial charge in [0.1, 0.15) is 23.6 Å². The van der Waals surface area contributed by atoms with Crippen LogP contribution in [0.25, 0.3) is 0 Å². The molecule has 0 aliphatic rings. The van der Waals surface area contributed by atoms with Crippen LogP contribution in [-0.4, -0.2) is 5.11 Å². The molecule has 0 heterocycles. The summed E-state index contributed by atoms with van der Waals surface area (Å²) in [6.07, 6.45) is -1.55. The molecule has 0 saturated heterocycles. The molecular weight excluding hydrogens is 309 g/mol. The van der Waals surface area contributed by atoms with Crippen molar-refractivity contribution in [1.29, 1.82) is 0 Å². The van der Waals surface area contributed by atoms with E-state index in [0.29, 0.717) is 0 Å². The Labute approximate surface area is 110 Å². The zero-order valence-corrected chi connectivity index (χ0v) is 10.6. The standard InChI is InChI=1S/C13H8BrF3O/c14-9-6-11(16)8(5-12(9)17)13(18)7-3-1-2-4-10(7)15/h1-6,13,18H. The van der Waals surface area contributed by atoms with Crippen LogP contribution in [0.4, 0.5) is 13.2 Å². The van der Waals surface area contributed by atoms with Crippen molar-refractivity contribution in [2.24, 2.45) is 0 Å². The second-order valence-electron chi connectivity index (χ2n) is 3.71. The molecule has 1 unspecified atom stereocenters. The number of hydrogen-bond acceptors (Lipinski definition) is 1. The van der Waals surface area contributed by atoms with E-state index in [4.69, 9.17) is 0 Å². The molecule has 1 atom stereocenters. The third-order valence-corrected chi connectivity index (χ3v) is 3.14. The lowest BCUT2D eigenvalue weighted by atomic mass is 10.0. The molecule has 0 aromatic heterocycles. The fourth-order valence-corrected chi connectivity index (χ4v) is 1.93. The van der Waals surface area contributed by atoms with Gasteiger partial charge in [0.05, 0.1) is 4.47 Å². The largest absolute Gasteiger partial charge is 0.383 e. The molecular formula is C13H8BrF3O. The maximum absolute atomic E-state index is 13.6. The summed E-state index contributed by atoms with van der Waals surface area (Å²) >= 11 is 2.83. The van der Waals surface area contributed by atoms with Crippen molar-refractivity contribution in [2.75, 3.05) is 0 Å². The molecule has 0 spiro atoms. The van der Waals surface area contributed by atoms with Crippen LogP contribution in [0.15, 0.2) is 40.9 Å². The molecule has 0 radical (unpaired) electrons. The lowest BCUT2D eigenvalue weighted by Crippen LogP contribution is -2.05. The second-order valence-corrected chi connectivity index (χ2v) is 4.57. The minimum Gasteiger partial charge on any atom is -0.383 e. The van der Waals surface area contributed by atoms with Crippen LogP contribution < -0.4 is 0 Å². The highest BCUT2D eigenvalue weighted by Crippen LogP contribution is 2.29. The first-order chi connectivity index (χ1) is 8.50. The van der Waals surface area contributed by atoms with Gasteiger partial charge in [-0.15, -0.1) is 0 Å². The maximum Gasteiger partial charge on any atom is 0.137 e. The molecule has 2 aromatic rings. The van der Waals surface area contributed by atoms with E-state index in [1.807, 2.05) is 0 Å². The summed E-state index contributed by atoms with van der Waals surface area (Å²) in [6, 6.07) is 7.16. The summed E-state index contributed by atoms with van der Waals surface area (Å²) in [6.45, 7) is 0. The van der Waals surface area contributed by atoms with Crippen LogP contribution in [0.1, 0.15) is 17.2 Å². The normalized spacial score (nSPS) is 12.5. The van der Waals surface area contributed by atoms with Crippen LogP contribution in [0.3, 0.4) is 0 Å². The van der Waals surface area contributed by atoms with Crippen molar-refractivity contribution in [3.05, 3.63) is 69.4 Å². The monoisotopic (exact) mass is 316 g/mol. The number of hydrogen-bond donors (Lipinski definition) is 1. The van der Waals surface area contributed by atoms with Crippen molar-refractivity contribution in [2.45, 2.75) is 6.10 Å². The molecule has 18 heavy (non-hydrogen) atoms. The van der Waals surface area contributed by atoms with E-state index in [1.54, 1.807) is 0 Å². The van der Waals surface area contributed by atoms with E-state index in [-0.39, 0.29) is 15.6 Å². The van der Waals surface area contributed by atoms with Gasteiger partial charge in [0.15, 0.2) is 0 Å². The highest BCUT2D eigenvalue weighted by Gasteiger charge is 2.20. The van der Waals surface area contributed by atoms with E-state index in [1.165, 1.54) is 18.2 Å². The Hall–Kier alpha value is -1.33. The van der Waals surface area contributed by atoms with Gasteiger partial charge in [-0.2, -0.15) is 0 Å². The Morgan fingerprint density at radius 3 is 2.22 bits per heavy atom. The van der Waals surface area contributed by atoms with Crippen LogP contribution >= 0.6 is 15.9 Å². The fourth-order valence-electron chi connectivity index (χ4n) is 1.61. The van der Waals surface area contributed by atoms with Gasteiger partial charge in [0.25, 0.3) is 0 Å². The van der Waals surface area contributed by atoms with Crippen molar-refractivity contribution < 1.29 is 18.3 Å². The van der Waals surface area contributed by atoms with Crippen LogP contribution in [-0.2, 0) is 0 Å². The van der Waals surface area contributed by atoms with E-state index in [2.05, 4.69) is 15.9 Å². The molecule has 0 bridgehead atoms. The molecule has 94 valence electrons. The Bertz CT molecular complexity index is 586. The maximum atomic E-state index is 13.6. The zero-order valence-electron chi connectivity index (χ0n) is 9.00. The molecule has 1 N–H and O–H groups in total.